The molecule has 7 heteroatoms. The van der Waals surface area contributed by atoms with E-state index in [4.69, 9.17) is 11.5 Å². The molecule has 3 aromatic rings. The monoisotopic (exact) mass is 309 g/mol. The van der Waals surface area contributed by atoms with E-state index in [1.54, 1.807) is 0 Å². The van der Waals surface area contributed by atoms with Crippen LogP contribution in [0.3, 0.4) is 0 Å². The van der Waals surface area contributed by atoms with Crippen molar-refractivity contribution in [1.82, 2.24) is 25.1 Å². The van der Waals surface area contributed by atoms with Crippen molar-refractivity contribution in [3.63, 3.8) is 0 Å². The number of rotatable bonds is 2. The van der Waals surface area contributed by atoms with Gasteiger partial charge in [-0.2, -0.15) is 5.10 Å². The lowest BCUT2D eigenvalue weighted by atomic mass is 10.1. The molecular formula is C16H19N7. The minimum absolute atomic E-state index is 0.243. The van der Waals surface area contributed by atoms with Gasteiger partial charge in [0.2, 0.25) is 5.95 Å². The Morgan fingerprint density at radius 1 is 1.13 bits per heavy atom. The van der Waals surface area contributed by atoms with Crippen LogP contribution in [0, 0.1) is 0 Å². The normalized spacial score (nSPS) is 16.0. The van der Waals surface area contributed by atoms with E-state index < -0.39 is 0 Å². The van der Waals surface area contributed by atoms with Crippen molar-refractivity contribution in [2.24, 2.45) is 0 Å². The smallest absolute Gasteiger partial charge is 0.221 e. The fourth-order valence-corrected chi connectivity index (χ4v) is 3.17. The highest BCUT2D eigenvalue weighted by Crippen LogP contribution is 2.31. The summed E-state index contributed by atoms with van der Waals surface area (Å²) in [6, 6.07) is 6.03. The number of hydrogen-bond acceptors (Lipinski definition) is 6. The third-order valence-electron chi connectivity index (χ3n) is 4.33. The summed E-state index contributed by atoms with van der Waals surface area (Å²) in [4.78, 5) is 8.68. The van der Waals surface area contributed by atoms with Gasteiger partial charge < -0.3 is 16.8 Å². The average Bonchev–Trinajstić information content (AvgIpc) is 3.05. The number of benzene rings is 1. The van der Waals surface area contributed by atoms with Crippen molar-refractivity contribution < 1.29 is 0 Å². The van der Waals surface area contributed by atoms with E-state index in [-0.39, 0.29) is 5.95 Å². The highest BCUT2D eigenvalue weighted by Gasteiger charge is 2.18. The number of fused-ring (bicyclic) bond motifs is 1. The molecule has 1 fully saturated rings. The van der Waals surface area contributed by atoms with Gasteiger partial charge in [0.05, 0.1) is 23.4 Å². The molecule has 2 aromatic heterocycles. The Balaban J connectivity index is 1.81. The molecule has 0 atom stereocenters. The van der Waals surface area contributed by atoms with E-state index in [2.05, 4.69) is 20.4 Å². The molecule has 23 heavy (non-hydrogen) atoms. The molecule has 7 nitrogen and oxygen atoms in total. The number of piperidine rings is 1. The standard InChI is InChI=1S/C16H19N7/c17-12-2-1-3-13-14(12)15(22-16(18)21-13)10-8-20-23(9-10)11-4-6-19-7-5-11/h1-3,8-9,11,19H,4-7,17H2,(H2,18,21,22). The average molecular weight is 309 g/mol. The molecule has 0 saturated carbocycles. The molecule has 3 heterocycles. The molecule has 0 aliphatic carbocycles. The summed E-state index contributed by atoms with van der Waals surface area (Å²) >= 11 is 0. The first-order valence-corrected chi connectivity index (χ1v) is 7.79. The van der Waals surface area contributed by atoms with Crippen molar-refractivity contribution in [2.75, 3.05) is 24.6 Å². The van der Waals surface area contributed by atoms with Gasteiger partial charge in [0.1, 0.15) is 0 Å². The molecule has 0 unspecified atom stereocenters. The molecular weight excluding hydrogens is 290 g/mol. The van der Waals surface area contributed by atoms with Crippen molar-refractivity contribution in [3.05, 3.63) is 30.6 Å². The summed E-state index contributed by atoms with van der Waals surface area (Å²) in [5.41, 5.74) is 15.1. The van der Waals surface area contributed by atoms with Gasteiger partial charge in [-0.3, -0.25) is 4.68 Å². The maximum Gasteiger partial charge on any atom is 0.221 e. The van der Waals surface area contributed by atoms with Gasteiger partial charge in [-0.05, 0) is 38.1 Å². The third kappa shape index (κ3) is 2.49. The van der Waals surface area contributed by atoms with Crippen LogP contribution in [0.1, 0.15) is 18.9 Å². The van der Waals surface area contributed by atoms with Gasteiger partial charge in [0.15, 0.2) is 0 Å². The second kappa shape index (κ2) is 5.51. The lowest BCUT2D eigenvalue weighted by Crippen LogP contribution is -2.29. The van der Waals surface area contributed by atoms with Crippen molar-refractivity contribution in [2.45, 2.75) is 18.9 Å². The Morgan fingerprint density at radius 3 is 2.78 bits per heavy atom. The van der Waals surface area contributed by atoms with E-state index in [1.165, 1.54) is 0 Å². The Labute approximate surface area is 133 Å². The Bertz CT molecular complexity index is 849. The predicted octanol–water partition coefficient (Wildman–Crippen LogP) is 1.58. The van der Waals surface area contributed by atoms with Crippen LogP contribution in [0.15, 0.2) is 30.6 Å². The Kier molecular flexibility index (Phi) is 3.34. The zero-order valence-corrected chi connectivity index (χ0v) is 12.7. The summed E-state index contributed by atoms with van der Waals surface area (Å²) in [7, 11) is 0. The molecule has 118 valence electrons. The summed E-state index contributed by atoms with van der Waals surface area (Å²) < 4.78 is 2.03. The molecule has 0 amide bonds. The fourth-order valence-electron chi connectivity index (χ4n) is 3.17. The summed E-state index contributed by atoms with van der Waals surface area (Å²) in [6.07, 6.45) is 6.02. The lowest BCUT2D eigenvalue weighted by molar-refractivity contribution is 0.343. The number of nitrogens with two attached hydrogens (primary N) is 2. The SMILES string of the molecule is Nc1nc(-c2cnn(C3CCNCC3)c2)c2c(N)cccc2n1. The van der Waals surface area contributed by atoms with Gasteiger partial charge in [-0.25, -0.2) is 9.97 Å². The quantitative estimate of drug-likeness (QED) is 0.620. The molecule has 5 N–H and O–H groups in total. The van der Waals surface area contributed by atoms with Crippen LogP contribution < -0.4 is 16.8 Å². The van der Waals surface area contributed by atoms with Crippen LogP contribution in [0.2, 0.25) is 0 Å². The van der Waals surface area contributed by atoms with Crippen LogP contribution in [0.25, 0.3) is 22.2 Å². The van der Waals surface area contributed by atoms with Gasteiger partial charge in [0, 0.05) is 22.8 Å². The lowest BCUT2D eigenvalue weighted by Gasteiger charge is -2.22. The molecule has 0 radical (unpaired) electrons. The summed E-state index contributed by atoms with van der Waals surface area (Å²) in [6.45, 7) is 2.05. The first-order chi connectivity index (χ1) is 11.2. The molecule has 4 rings (SSSR count). The molecule has 1 aliphatic heterocycles. The number of nitrogens with one attached hydrogen (secondary N) is 1. The maximum atomic E-state index is 6.14. The minimum atomic E-state index is 0.243. The van der Waals surface area contributed by atoms with Gasteiger partial charge >= 0.3 is 0 Å². The van der Waals surface area contributed by atoms with E-state index in [9.17, 15) is 0 Å². The number of aromatic nitrogens is 4. The van der Waals surface area contributed by atoms with Crippen molar-refractivity contribution in [3.8, 4) is 11.3 Å². The van der Waals surface area contributed by atoms with E-state index in [0.29, 0.717) is 11.7 Å². The first-order valence-electron chi connectivity index (χ1n) is 7.79. The second-order valence-corrected chi connectivity index (χ2v) is 5.86. The zero-order valence-electron chi connectivity index (χ0n) is 12.7. The fraction of sp³-hybridized carbons (Fsp3) is 0.312. The second-order valence-electron chi connectivity index (χ2n) is 5.86. The highest BCUT2D eigenvalue weighted by molar-refractivity contribution is 6.01. The van der Waals surface area contributed by atoms with Crippen LogP contribution in [-0.4, -0.2) is 32.8 Å². The Morgan fingerprint density at radius 2 is 1.96 bits per heavy atom. The third-order valence-corrected chi connectivity index (χ3v) is 4.33. The van der Waals surface area contributed by atoms with Crippen LogP contribution in [0.4, 0.5) is 11.6 Å². The highest BCUT2D eigenvalue weighted by atomic mass is 15.3. The largest absolute Gasteiger partial charge is 0.398 e. The molecule has 1 aromatic carbocycles. The first kappa shape index (κ1) is 14.0. The Hall–Kier alpha value is -2.67. The molecule has 1 saturated heterocycles. The number of nitrogen functional groups attached to an aromatic ring is 2. The number of hydrogen-bond donors (Lipinski definition) is 3. The maximum absolute atomic E-state index is 6.14. The molecule has 1 aliphatic rings. The van der Waals surface area contributed by atoms with E-state index >= 15 is 0 Å². The van der Waals surface area contributed by atoms with Crippen LogP contribution >= 0.6 is 0 Å². The van der Waals surface area contributed by atoms with Gasteiger partial charge in [-0.15, -0.1) is 0 Å². The van der Waals surface area contributed by atoms with Crippen molar-refractivity contribution in [1.29, 1.82) is 0 Å². The number of anilines is 2. The van der Waals surface area contributed by atoms with E-state index in [1.807, 2.05) is 35.3 Å². The van der Waals surface area contributed by atoms with Crippen LogP contribution in [0.5, 0.6) is 0 Å². The van der Waals surface area contributed by atoms with E-state index in [0.717, 1.165) is 48.1 Å². The van der Waals surface area contributed by atoms with Crippen LogP contribution in [-0.2, 0) is 0 Å². The predicted molar refractivity (Wildman–Crippen MR) is 90.7 cm³/mol. The van der Waals surface area contributed by atoms with Crippen molar-refractivity contribution >= 4 is 22.5 Å². The number of nitrogens with zero attached hydrogens (tertiary/aromatic N) is 4. The van der Waals surface area contributed by atoms with Gasteiger partial charge in [-0.1, -0.05) is 6.07 Å². The topological polar surface area (TPSA) is 108 Å². The zero-order chi connectivity index (χ0) is 15.8. The molecule has 0 bridgehead atoms. The molecule has 0 spiro atoms. The summed E-state index contributed by atoms with van der Waals surface area (Å²) in [5, 5.41) is 8.72. The summed E-state index contributed by atoms with van der Waals surface area (Å²) in [5.74, 6) is 0.243. The minimum Gasteiger partial charge on any atom is -0.398 e. The van der Waals surface area contributed by atoms with Gasteiger partial charge in [0.25, 0.3) is 0 Å².